The van der Waals surface area contributed by atoms with Crippen LogP contribution in [0, 0.1) is 0 Å². The van der Waals surface area contributed by atoms with Gasteiger partial charge in [-0.1, -0.05) is 29.8 Å². The van der Waals surface area contributed by atoms with Crippen molar-refractivity contribution in [2.45, 2.75) is 17.7 Å². The molecule has 20 heavy (non-hydrogen) atoms. The van der Waals surface area contributed by atoms with E-state index in [2.05, 4.69) is 9.97 Å². The van der Waals surface area contributed by atoms with Gasteiger partial charge in [0.25, 0.3) is 0 Å². The maximum absolute atomic E-state index is 13.0. The van der Waals surface area contributed by atoms with E-state index in [0.717, 1.165) is 17.3 Å². The second-order valence-corrected chi connectivity index (χ2v) is 5.64. The fourth-order valence-electron chi connectivity index (χ4n) is 2.06. The number of fused-ring (bicyclic) bond motifs is 1. The molecule has 104 valence electrons. The van der Waals surface area contributed by atoms with E-state index < -0.39 is 11.7 Å². The highest BCUT2D eigenvalue weighted by atomic mass is 35.5. The monoisotopic (exact) mass is 316 g/mol. The van der Waals surface area contributed by atoms with Crippen LogP contribution in [-0.4, -0.2) is 9.97 Å². The molecule has 2 nitrogen and oxygen atoms in total. The van der Waals surface area contributed by atoms with Crippen LogP contribution in [0.15, 0.2) is 24.3 Å². The Kier molecular flexibility index (Phi) is 3.38. The minimum atomic E-state index is -4.44. The molecular weight excluding hydrogens is 309 g/mol. The van der Waals surface area contributed by atoms with Crippen LogP contribution in [0.5, 0.6) is 0 Å². The van der Waals surface area contributed by atoms with Gasteiger partial charge in [0.2, 0.25) is 0 Å². The van der Waals surface area contributed by atoms with Crippen LogP contribution in [0.1, 0.15) is 16.8 Å². The quantitative estimate of drug-likeness (QED) is 0.721. The molecule has 0 aliphatic carbocycles. The topological polar surface area (TPSA) is 25.8 Å². The van der Waals surface area contributed by atoms with E-state index in [1.54, 1.807) is 11.8 Å². The summed E-state index contributed by atoms with van der Waals surface area (Å²) in [5.41, 5.74) is 0.759. The van der Waals surface area contributed by atoms with E-state index in [1.807, 2.05) is 0 Å². The summed E-state index contributed by atoms with van der Waals surface area (Å²) in [6.45, 7) is 0. The molecule has 0 N–H and O–H groups in total. The van der Waals surface area contributed by atoms with Crippen molar-refractivity contribution in [1.82, 2.24) is 9.97 Å². The molecule has 0 amide bonds. The van der Waals surface area contributed by atoms with Gasteiger partial charge in [0.15, 0.2) is 5.82 Å². The largest absolute Gasteiger partial charge is 0.417 e. The summed E-state index contributed by atoms with van der Waals surface area (Å²) in [6, 6.07) is 5.26. The van der Waals surface area contributed by atoms with Gasteiger partial charge in [-0.05, 0) is 6.07 Å². The van der Waals surface area contributed by atoms with Gasteiger partial charge in [-0.3, -0.25) is 0 Å². The second kappa shape index (κ2) is 4.93. The maximum atomic E-state index is 13.0. The van der Waals surface area contributed by atoms with Gasteiger partial charge in [-0.2, -0.15) is 24.9 Å². The molecule has 0 bridgehead atoms. The third-order valence-corrected chi connectivity index (χ3v) is 4.28. The van der Waals surface area contributed by atoms with Crippen molar-refractivity contribution in [3.8, 4) is 11.4 Å². The van der Waals surface area contributed by atoms with Gasteiger partial charge in [0, 0.05) is 22.6 Å². The molecule has 1 aliphatic rings. The Morgan fingerprint density at radius 2 is 1.85 bits per heavy atom. The molecule has 1 aromatic heterocycles. The maximum Gasteiger partial charge on any atom is 0.417 e. The number of alkyl halides is 3. The predicted molar refractivity (Wildman–Crippen MR) is 72.5 cm³/mol. The highest BCUT2D eigenvalue weighted by molar-refractivity contribution is 7.98. The Hall–Kier alpha value is -1.27. The molecule has 0 radical (unpaired) electrons. The third-order valence-electron chi connectivity index (χ3n) is 3.00. The zero-order valence-electron chi connectivity index (χ0n) is 10.0. The van der Waals surface area contributed by atoms with E-state index in [0.29, 0.717) is 11.5 Å². The van der Waals surface area contributed by atoms with Crippen molar-refractivity contribution in [1.29, 1.82) is 0 Å². The molecule has 0 saturated heterocycles. The SMILES string of the molecule is FC(F)(F)c1ccccc1-c1nc(Cl)c2c(n1)CSC2. The van der Waals surface area contributed by atoms with Crippen LogP contribution in [0.4, 0.5) is 13.2 Å². The number of benzene rings is 1. The normalized spacial score (nSPS) is 14.4. The van der Waals surface area contributed by atoms with Crippen LogP contribution in [0.2, 0.25) is 5.15 Å². The Morgan fingerprint density at radius 1 is 1.10 bits per heavy atom. The van der Waals surface area contributed by atoms with E-state index >= 15 is 0 Å². The lowest BCUT2D eigenvalue weighted by Crippen LogP contribution is -2.08. The highest BCUT2D eigenvalue weighted by Crippen LogP contribution is 2.38. The lowest BCUT2D eigenvalue weighted by atomic mass is 10.1. The van der Waals surface area contributed by atoms with E-state index in [-0.39, 0.29) is 16.5 Å². The van der Waals surface area contributed by atoms with Crippen LogP contribution in [0.3, 0.4) is 0 Å². The average molecular weight is 317 g/mol. The van der Waals surface area contributed by atoms with E-state index in [4.69, 9.17) is 11.6 Å². The molecule has 0 spiro atoms. The Labute approximate surface area is 122 Å². The minimum absolute atomic E-state index is 0.0316. The van der Waals surface area contributed by atoms with Gasteiger partial charge < -0.3 is 0 Å². The second-order valence-electron chi connectivity index (χ2n) is 4.30. The molecule has 1 aliphatic heterocycles. The first-order valence-corrected chi connectivity index (χ1v) is 7.29. The summed E-state index contributed by atoms with van der Waals surface area (Å²) in [6.07, 6.45) is -4.44. The van der Waals surface area contributed by atoms with Crippen molar-refractivity contribution in [3.63, 3.8) is 0 Å². The molecule has 1 aromatic carbocycles. The number of rotatable bonds is 1. The van der Waals surface area contributed by atoms with Gasteiger partial charge in [0.1, 0.15) is 5.15 Å². The number of thioether (sulfide) groups is 1. The lowest BCUT2D eigenvalue weighted by Gasteiger charge is -2.12. The fourth-order valence-corrected chi connectivity index (χ4v) is 3.43. The summed E-state index contributed by atoms with van der Waals surface area (Å²) in [7, 11) is 0. The smallest absolute Gasteiger partial charge is 0.232 e. The van der Waals surface area contributed by atoms with Gasteiger partial charge in [0.05, 0.1) is 11.3 Å². The van der Waals surface area contributed by atoms with E-state index in [9.17, 15) is 13.2 Å². The van der Waals surface area contributed by atoms with E-state index in [1.165, 1.54) is 18.2 Å². The Bertz CT molecular complexity index is 673. The van der Waals surface area contributed by atoms with Crippen molar-refractivity contribution in [2.24, 2.45) is 0 Å². The molecule has 3 rings (SSSR count). The summed E-state index contributed by atoms with van der Waals surface area (Å²) in [5, 5.41) is 0.243. The first-order valence-electron chi connectivity index (χ1n) is 5.76. The van der Waals surface area contributed by atoms with Crippen LogP contribution < -0.4 is 0 Å². The van der Waals surface area contributed by atoms with Crippen molar-refractivity contribution >= 4 is 23.4 Å². The molecule has 0 atom stereocenters. The van der Waals surface area contributed by atoms with Crippen LogP contribution >= 0.6 is 23.4 Å². The van der Waals surface area contributed by atoms with Crippen LogP contribution in [0.25, 0.3) is 11.4 Å². The summed E-state index contributed by atoms with van der Waals surface area (Å²) < 4.78 is 39.0. The predicted octanol–water partition coefficient (Wildman–Crippen LogP) is 4.56. The molecule has 2 heterocycles. The van der Waals surface area contributed by atoms with Gasteiger partial charge in [-0.25, -0.2) is 9.97 Å². The molecular formula is C13H8ClF3N2S. The Morgan fingerprint density at radius 3 is 2.60 bits per heavy atom. The first-order chi connectivity index (χ1) is 9.47. The lowest BCUT2D eigenvalue weighted by molar-refractivity contribution is -0.137. The first kappa shape index (κ1) is 13.7. The average Bonchev–Trinajstić information content (AvgIpc) is 2.86. The number of hydrogen-bond acceptors (Lipinski definition) is 3. The zero-order valence-corrected chi connectivity index (χ0v) is 11.6. The Balaban J connectivity index is 2.18. The number of halogens is 4. The van der Waals surface area contributed by atoms with Crippen molar-refractivity contribution in [2.75, 3.05) is 0 Å². The molecule has 2 aromatic rings. The summed E-state index contributed by atoms with van der Waals surface area (Å²) in [5.74, 6) is 1.39. The molecule has 0 saturated carbocycles. The van der Waals surface area contributed by atoms with Crippen LogP contribution in [-0.2, 0) is 17.7 Å². The van der Waals surface area contributed by atoms with Gasteiger partial charge >= 0.3 is 6.18 Å². The summed E-state index contributed by atoms with van der Waals surface area (Å²) >= 11 is 7.67. The summed E-state index contributed by atoms with van der Waals surface area (Å²) in [4.78, 5) is 8.27. The van der Waals surface area contributed by atoms with Crippen molar-refractivity contribution < 1.29 is 13.2 Å². The zero-order chi connectivity index (χ0) is 14.3. The fraction of sp³-hybridized carbons (Fsp3) is 0.231. The molecule has 7 heteroatoms. The number of aromatic nitrogens is 2. The third kappa shape index (κ3) is 2.38. The number of nitrogens with zero attached hydrogens (tertiary/aromatic N) is 2. The standard InChI is InChI=1S/C13H8ClF3N2S/c14-11-8-5-20-6-10(8)18-12(19-11)7-3-1-2-4-9(7)13(15,16)17/h1-4H,5-6H2. The number of hydrogen-bond donors (Lipinski definition) is 0. The molecule has 0 fully saturated rings. The molecule has 0 unspecified atom stereocenters. The highest BCUT2D eigenvalue weighted by Gasteiger charge is 2.34. The minimum Gasteiger partial charge on any atom is -0.232 e. The van der Waals surface area contributed by atoms with Crippen molar-refractivity contribution in [3.05, 3.63) is 46.2 Å². The van der Waals surface area contributed by atoms with Gasteiger partial charge in [-0.15, -0.1) is 0 Å².